The van der Waals surface area contributed by atoms with Crippen molar-refractivity contribution in [3.05, 3.63) is 12.2 Å². The highest BCUT2D eigenvalue weighted by atomic mass is 16.5. The Morgan fingerprint density at radius 1 is 0.826 bits per heavy atom. The molecule has 1 unspecified atom stereocenters. The second kappa shape index (κ2) is 13.8. The van der Waals surface area contributed by atoms with E-state index < -0.39 is 17.9 Å². The number of rotatable bonds is 12. The standard InChI is InChI=1S/C17H28O6/c1-21-15(18)12-10-8-6-4-5-7-9-11-14(17(20)23-3)13-16(19)22-2/h7,9,14H,4-6,8,10-13H2,1-3H3/b9-7+. The number of allylic oxidation sites excluding steroid dienone is 2. The zero-order chi connectivity index (χ0) is 17.5. The molecule has 6 nitrogen and oxygen atoms in total. The van der Waals surface area contributed by atoms with Crippen LogP contribution in [0, 0.1) is 5.92 Å². The summed E-state index contributed by atoms with van der Waals surface area (Å²) in [4.78, 5) is 33.8. The number of carbonyl (C=O) groups excluding carboxylic acids is 3. The maximum absolute atomic E-state index is 11.6. The van der Waals surface area contributed by atoms with Crippen molar-refractivity contribution in [1.82, 2.24) is 0 Å². The van der Waals surface area contributed by atoms with E-state index in [1.54, 1.807) is 0 Å². The number of ether oxygens (including phenoxy) is 3. The molecule has 0 aromatic carbocycles. The van der Waals surface area contributed by atoms with Gasteiger partial charge in [-0.3, -0.25) is 14.4 Å². The van der Waals surface area contributed by atoms with Crippen LogP contribution in [-0.4, -0.2) is 39.2 Å². The third-order valence-electron chi connectivity index (χ3n) is 3.49. The van der Waals surface area contributed by atoms with Gasteiger partial charge in [-0.25, -0.2) is 0 Å². The highest BCUT2D eigenvalue weighted by Crippen LogP contribution is 2.13. The van der Waals surface area contributed by atoms with Gasteiger partial charge in [-0.1, -0.05) is 25.0 Å². The Morgan fingerprint density at radius 2 is 1.48 bits per heavy atom. The number of carbonyl (C=O) groups is 3. The van der Waals surface area contributed by atoms with Gasteiger partial charge in [0.15, 0.2) is 0 Å². The van der Waals surface area contributed by atoms with Crippen molar-refractivity contribution in [1.29, 1.82) is 0 Å². The molecule has 0 heterocycles. The van der Waals surface area contributed by atoms with E-state index in [9.17, 15) is 14.4 Å². The molecule has 0 rings (SSSR count). The van der Waals surface area contributed by atoms with Crippen LogP contribution in [0.4, 0.5) is 0 Å². The second-order valence-corrected chi connectivity index (χ2v) is 5.24. The molecule has 0 aliphatic rings. The average Bonchev–Trinajstić information content (AvgIpc) is 2.57. The van der Waals surface area contributed by atoms with Gasteiger partial charge in [-0.2, -0.15) is 0 Å². The molecule has 0 aliphatic heterocycles. The number of hydrogen-bond donors (Lipinski definition) is 0. The number of esters is 3. The topological polar surface area (TPSA) is 78.9 Å². The first-order valence-corrected chi connectivity index (χ1v) is 7.91. The molecule has 6 heteroatoms. The van der Waals surface area contributed by atoms with Gasteiger partial charge in [-0.05, 0) is 25.7 Å². The van der Waals surface area contributed by atoms with Crippen LogP contribution in [0.15, 0.2) is 12.2 Å². The van der Waals surface area contributed by atoms with Crippen LogP contribution in [0.5, 0.6) is 0 Å². The molecule has 0 saturated heterocycles. The van der Waals surface area contributed by atoms with Crippen molar-refractivity contribution in [2.75, 3.05) is 21.3 Å². The fourth-order valence-electron chi connectivity index (χ4n) is 2.08. The summed E-state index contributed by atoms with van der Waals surface area (Å²) in [6.45, 7) is 0. The van der Waals surface area contributed by atoms with Crippen LogP contribution in [0.1, 0.15) is 51.4 Å². The Hall–Kier alpha value is -1.85. The molecule has 0 saturated carbocycles. The molecule has 0 bridgehead atoms. The fraction of sp³-hybridized carbons (Fsp3) is 0.706. The Balaban J connectivity index is 3.85. The summed E-state index contributed by atoms with van der Waals surface area (Å²) in [5.74, 6) is -1.48. The maximum atomic E-state index is 11.6. The SMILES string of the molecule is COC(=O)CCCCCC/C=C/CC(CC(=O)OC)C(=O)OC. The van der Waals surface area contributed by atoms with Crippen LogP contribution in [0.25, 0.3) is 0 Å². The van der Waals surface area contributed by atoms with Gasteiger partial charge in [0.2, 0.25) is 0 Å². The maximum Gasteiger partial charge on any atom is 0.309 e. The summed E-state index contributed by atoms with van der Waals surface area (Å²) in [6.07, 6.45) is 9.69. The fourth-order valence-corrected chi connectivity index (χ4v) is 2.08. The molecule has 0 fully saturated rings. The van der Waals surface area contributed by atoms with E-state index in [0.717, 1.165) is 32.1 Å². The van der Waals surface area contributed by atoms with Gasteiger partial charge in [0.05, 0.1) is 33.7 Å². The van der Waals surface area contributed by atoms with Gasteiger partial charge < -0.3 is 14.2 Å². The highest BCUT2D eigenvalue weighted by Gasteiger charge is 2.21. The Bertz CT molecular complexity index is 389. The number of methoxy groups -OCH3 is 3. The lowest BCUT2D eigenvalue weighted by Crippen LogP contribution is -2.20. The minimum atomic E-state index is -0.497. The number of unbranched alkanes of at least 4 members (excludes halogenated alkanes) is 4. The summed E-state index contributed by atoms with van der Waals surface area (Å²) in [5.41, 5.74) is 0. The molecule has 0 spiro atoms. The molecular weight excluding hydrogens is 300 g/mol. The van der Waals surface area contributed by atoms with E-state index in [2.05, 4.69) is 9.47 Å². The summed E-state index contributed by atoms with van der Waals surface area (Å²) in [6, 6.07) is 0. The summed E-state index contributed by atoms with van der Waals surface area (Å²) in [5, 5.41) is 0. The quantitative estimate of drug-likeness (QED) is 0.237. The van der Waals surface area contributed by atoms with Crippen molar-refractivity contribution in [3.63, 3.8) is 0 Å². The first kappa shape index (κ1) is 21.1. The van der Waals surface area contributed by atoms with E-state index in [1.807, 2.05) is 12.2 Å². The third kappa shape index (κ3) is 11.4. The Morgan fingerprint density at radius 3 is 2.09 bits per heavy atom. The van der Waals surface area contributed by atoms with E-state index in [-0.39, 0.29) is 12.4 Å². The number of hydrogen-bond acceptors (Lipinski definition) is 6. The normalized spacial score (nSPS) is 12.0. The van der Waals surface area contributed by atoms with Gasteiger partial charge in [0.1, 0.15) is 0 Å². The Kier molecular flexibility index (Phi) is 12.7. The van der Waals surface area contributed by atoms with Crippen LogP contribution in [0.3, 0.4) is 0 Å². The van der Waals surface area contributed by atoms with Crippen LogP contribution >= 0.6 is 0 Å². The predicted molar refractivity (Wildman–Crippen MR) is 85.6 cm³/mol. The second-order valence-electron chi connectivity index (χ2n) is 5.24. The minimum absolute atomic E-state index is 0.0288. The summed E-state index contributed by atoms with van der Waals surface area (Å²) in [7, 11) is 4.01. The average molecular weight is 328 g/mol. The molecular formula is C17H28O6. The van der Waals surface area contributed by atoms with Gasteiger partial charge >= 0.3 is 17.9 Å². The van der Waals surface area contributed by atoms with Crippen molar-refractivity contribution in [2.24, 2.45) is 5.92 Å². The Labute approximate surface area is 138 Å². The van der Waals surface area contributed by atoms with Gasteiger partial charge in [-0.15, -0.1) is 0 Å². The zero-order valence-electron chi connectivity index (χ0n) is 14.3. The van der Waals surface area contributed by atoms with Crippen LogP contribution in [-0.2, 0) is 28.6 Å². The van der Waals surface area contributed by atoms with Crippen LogP contribution < -0.4 is 0 Å². The van der Waals surface area contributed by atoms with Gasteiger partial charge in [0, 0.05) is 6.42 Å². The molecule has 1 atom stereocenters. The van der Waals surface area contributed by atoms with Gasteiger partial charge in [0.25, 0.3) is 0 Å². The van der Waals surface area contributed by atoms with Crippen molar-refractivity contribution < 1.29 is 28.6 Å². The van der Waals surface area contributed by atoms with E-state index >= 15 is 0 Å². The lowest BCUT2D eigenvalue weighted by atomic mass is 10.0. The highest BCUT2D eigenvalue weighted by molar-refractivity contribution is 5.79. The first-order chi connectivity index (χ1) is 11.0. The molecule has 0 amide bonds. The minimum Gasteiger partial charge on any atom is -0.469 e. The largest absolute Gasteiger partial charge is 0.469 e. The van der Waals surface area contributed by atoms with E-state index in [4.69, 9.17) is 4.74 Å². The molecule has 0 N–H and O–H groups in total. The molecule has 23 heavy (non-hydrogen) atoms. The molecule has 0 aromatic heterocycles. The summed E-state index contributed by atoms with van der Waals surface area (Å²) < 4.78 is 13.8. The van der Waals surface area contributed by atoms with Crippen LogP contribution in [0.2, 0.25) is 0 Å². The lowest BCUT2D eigenvalue weighted by molar-refractivity contribution is -0.151. The molecule has 0 radical (unpaired) electrons. The smallest absolute Gasteiger partial charge is 0.309 e. The molecule has 132 valence electrons. The van der Waals surface area contributed by atoms with Crippen molar-refractivity contribution in [2.45, 2.75) is 51.4 Å². The van der Waals surface area contributed by atoms with E-state index in [0.29, 0.717) is 12.8 Å². The predicted octanol–water partition coefficient (Wildman–Crippen LogP) is 2.80. The first-order valence-electron chi connectivity index (χ1n) is 7.91. The lowest BCUT2D eigenvalue weighted by Gasteiger charge is -2.10. The van der Waals surface area contributed by atoms with Crippen molar-refractivity contribution >= 4 is 17.9 Å². The molecule has 0 aromatic rings. The summed E-state index contributed by atoms with van der Waals surface area (Å²) >= 11 is 0. The zero-order valence-corrected chi connectivity index (χ0v) is 14.3. The monoisotopic (exact) mass is 328 g/mol. The third-order valence-corrected chi connectivity index (χ3v) is 3.49. The molecule has 0 aliphatic carbocycles. The van der Waals surface area contributed by atoms with E-state index in [1.165, 1.54) is 21.3 Å². The van der Waals surface area contributed by atoms with Crippen molar-refractivity contribution in [3.8, 4) is 0 Å².